The molecule has 4 nitrogen and oxygen atoms in total. The molecular formula is C12H19N3O. The van der Waals surface area contributed by atoms with Gasteiger partial charge >= 0.3 is 0 Å². The molecule has 0 fully saturated rings. The van der Waals surface area contributed by atoms with E-state index in [9.17, 15) is 4.79 Å². The van der Waals surface area contributed by atoms with Crippen LogP contribution in [0.2, 0.25) is 0 Å². The molecule has 88 valence electrons. The van der Waals surface area contributed by atoms with E-state index in [0.717, 1.165) is 12.0 Å². The zero-order valence-electron chi connectivity index (χ0n) is 9.86. The second-order valence-corrected chi connectivity index (χ2v) is 4.27. The molecule has 0 saturated carbocycles. The summed E-state index contributed by atoms with van der Waals surface area (Å²) in [5, 5.41) is 0. The summed E-state index contributed by atoms with van der Waals surface area (Å²) >= 11 is 0. The third-order valence-corrected chi connectivity index (χ3v) is 3.18. The Bertz CT molecular complexity index is 372. The molecule has 0 aromatic carbocycles. The standard InChI is InChI=1S/C12H19N3O/c1-3-12(2,8-13)10(16)7-9-5-4-6-15-11(9)14/h4-6H,3,7-8,13H2,1-2H3,(H2,14,15). The average Bonchev–Trinajstić information content (AvgIpc) is 2.31. The Hall–Kier alpha value is -1.42. The zero-order chi connectivity index (χ0) is 12.2. The van der Waals surface area contributed by atoms with Gasteiger partial charge in [-0.15, -0.1) is 0 Å². The van der Waals surface area contributed by atoms with Gasteiger partial charge in [0.15, 0.2) is 0 Å². The quantitative estimate of drug-likeness (QED) is 0.781. The van der Waals surface area contributed by atoms with Crippen molar-refractivity contribution in [2.24, 2.45) is 11.1 Å². The summed E-state index contributed by atoms with van der Waals surface area (Å²) < 4.78 is 0. The molecule has 0 amide bonds. The van der Waals surface area contributed by atoms with Crippen LogP contribution in [0.4, 0.5) is 5.82 Å². The second-order valence-electron chi connectivity index (χ2n) is 4.27. The number of anilines is 1. The largest absolute Gasteiger partial charge is 0.383 e. The molecule has 0 aliphatic carbocycles. The summed E-state index contributed by atoms with van der Waals surface area (Å²) in [6, 6.07) is 3.61. The number of hydrogen-bond donors (Lipinski definition) is 2. The third-order valence-electron chi connectivity index (χ3n) is 3.18. The van der Waals surface area contributed by atoms with Crippen molar-refractivity contribution in [2.75, 3.05) is 12.3 Å². The maximum atomic E-state index is 12.1. The van der Waals surface area contributed by atoms with Crippen molar-refractivity contribution in [3.63, 3.8) is 0 Å². The number of carbonyl (C=O) groups is 1. The molecule has 0 aliphatic rings. The fourth-order valence-electron chi connectivity index (χ4n) is 1.44. The van der Waals surface area contributed by atoms with Crippen molar-refractivity contribution in [3.8, 4) is 0 Å². The van der Waals surface area contributed by atoms with Crippen molar-refractivity contribution < 1.29 is 4.79 Å². The van der Waals surface area contributed by atoms with Gasteiger partial charge in [-0.2, -0.15) is 0 Å². The van der Waals surface area contributed by atoms with E-state index in [-0.39, 0.29) is 5.78 Å². The number of Topliss-reactive ketones (excluding diaryl/α,β-unsaturated/α-hetero) is 1. The minimum Gasteiger partial charge on any atom is -0.383 e. The Labute approximate surface area is 96.0 Å². The van der Waals surface area contributed by atoms with Crippen LogP contribution in [0.3, 0.4) is 0 Å². The maximum absolute atomic E-state index is 12.1. The lowest BCUT2D eigenvalue weighted by Crippen LogP contribution is -2.36. The Morgan fingerprint density at radius 3 is 2.75 bits per heavy atom. The first-order valence-corrected chi connectivity index (χ1v) is 5.46. The molecule has 0 bridgehead atoms. The molecule has 0 spiro atoms. The van der Waals surface area contributed by atoms with Crippen LogP contribution in [-0.2, 0) is 11.2 Å². The normalized spacial score (nSPS) is 14.4. The van der Waals surface area contributed by atoms with Crippen LogP contribution in [0.5, 0.6) is 0 Å². The van der Waals surface area contributed by atoms with Gasteiger partial charge in [0.1, 0.15) is 11.6 Å². The molecule has 4 N–H and O–H groups in total. The Kier molecular flexibility index (Phi) is 4.01. The first kappa shape index (κ1) is 12.6. The number of rotatable bonds is 5. The number of aromatic nitrogens is 1. The zero-order valence-corrected chi connectivity index (χ0v) is 9.86. The van der Waals surface area contributed by atoms with E-state index in [0.29, 0.717) is 18.8 Å². The Balaban J connectivity index is 2.83. The Morgan fingerprint density at radius 2 is 2.25 bits per heavy atom. The summed E-state index contributed by atoms with van der Waals surface area (Å²) in [6.45, 7) is 4.22. The molecule has 0 radical (unpaired) electrons. The van der Waals surface area contributed by atoms with Gasteiger partial charge in [-0.05, 0) is 12.5 Å². The topological polar surface area (TPSA) is 82.0 Å². The van der Waals surface area contributed by atoms with Crippen LogP contribution >= 0.6 is 0 Å². The van der Waals surface area contributed by atoms with E-state index in [2.05, 4.69) is 4.98 Å². The van der Waals surface area contributed by atoms with E-state index < -0.39 is 5.41 Å². The lowest BCUT2D eigenvalue weighted by molar-refractivity contribution is -0.126. The summed E-state index contributed by atoms with van der Waals surface area (Å²) in [5.41, 5.74) is 11.7. The van der Waals surface area contributed by atoms with Gasteiger partial charge in [0.25, 0.3) is 0 Å². The van der Waals surface area contributed by atoms with Crippen molar-refractivity contribution in [1.29, 1.82) is 0 Å². The van der Waals surface area contributed by atoms with Crippen molar-refractivity contribution in [1.82, 2.24) is 4.98 Å². The van der Waals surface area contributed by atoms with Gasteiger partial charge < -0.3 is 11.5 Å². The summed E-state index contributed by atoms with van der Waals surface area (Å²) in [7, 11) is 0. The number of ketones is 1. The van der Waals surface area contributed by atoms with Crippen LogP contribution in [0.1, 0.15) is 25.8 Å². The molecule has 4 heteroatoms. The number of carbonyl (C=O) groups excluding carboxylic acids is 1. The van der Waals surface area contributed by atoms with Crippen molar-refractivity contribution in [2.45, 2.75) is 26.7 Å². The highest BCUT2D eigenvalue weighted by atomic mass is 16.1. The minimum atomic E-state index is -0.456. The van der Waals surface area contributed by atoms with Crippen molar-refractivity contribution >= 4 is 11.6 Å². The molecular weight excluding hydrogens is 202 g/mol. The van der Waals surface area contributed by atoms with Crippen molar-refractivity contribution in [3.05, 3.63) is 23.9 Å². The summed E-state index contributed by atoms with van der Waals surface area (Å²) in [6.07, 6.45) is 2.66. The molecule has 1 heterocycles. The molecule has 1 rings (SSSR count). The molecule has 1 aromatic heterocycles. The SMILES string of the molecule is CCC(C)(CN)C(=O)Cc1cccnc1N. The van der Waals surface area contributed by atoms with E-state index >= 15 is 0 Å². The predicted molar refractivity (Wildman–Crippen MR) is 64.8 cm³/mol. The van der Waals surface area contributed by atoms with Gasteiger partial charge in [-0.3, -0.25) is 4.79 Å². The molecule has 1 atom stereocenters. The molecule has 0 aliphatic heterocycles. The molecule has 0 saturated heterocycles. The van der Waals surface area contributed by atoms with Gasteiger partial charge in [-0.1, -0.05) is 19.9 Å². The lowest BCUT2D eigenvalue weighted by atomic mass is 9.80. The van der Waals surface area contributed by atoms with Gasteiger partial charge in [-0.25, -0.2) is 4.98 Å². The number of pyridine rings is 1. The minimum absolute atomic E-state index is 0.122. The fraction of sp³-hybridized carbons (Fsp3) is 0.500. The van der Waals surface area contributed by atoms with Crippen LogP contribution in [0.15, 0.2) is 18.3 Å². The summed E-state index contributed by atoms with van der Waals surface area (Å²) in [4.78, 5) is 16.0. The number of hydrogen-bond acceptors (Lipinski definition) is 4. The predicted octanol–water partition coefficient (Wildman–Crippen LogP) is 1.15. The van der Waals surface area contributed by atoms with Gasteiger partial charge in [0, 0.05) is 30.1 Å². The van der Waals surface area contributed by atoms with E-state index in [1.165, 1.54) is 0 Å². The van der Waals surface area contributed by atoms with Crippen LogP contribution in [-0.4, -0.2) is 17.3 Å². The highest BCUT2D eigenvalue weighted by Crippen LogP contribution is 2.23. The second kappa shape index (κ2) is 5.07. The van der Waals surface area contributed by atoms with E-state index in [1.54, 1.807) is 12.3 Å². The summed E-state index contributed by atoms with van der Waals surface area (Å²) in [5.74, 6) is 0.545. The van der Waals surface area contributed by atoms with Crippen LogP contribution in [0, 0.1) is 5.41 Å². The molecule has 16 heavy (non-hydrogen) atoms. The first-order valence-electron chi connectivity index (χ1n) is 5.46. The van der Waals surface area contributed by atoms with Crippen LogP contribution in [0.25, 0.3) is 0 Å². The highest BCUT2D eigenvalue weighted by Gasteiger charge is 2.29. The number of nitrogen functional groups attached to an aromatic ring is 1. The van der Waals surface area contributed by atoms with E-state index in [1.807, 2.05) is 19.9 Å². The highest BCUT2D eigenvalue weighted by molar-refractivity contribution is 5.87. The fourth-order valence-corrected chi connectivity index (χ4v) is 1.44. The molecule has 1 unspecified atom stereocenters. The maximum Gasteiger partial charge on any atom is 0.144 e. The third kappa shape index (κ3) is 2.58. The lowest BCUT2D eigenvalue weighted by Gasteiger charge is -2.24. The van der Waals surface area contributed by atoms with Gasteiger partial charge in [0.05, 0.1) is 0 Å². The smallest absolute Gasteiger partial charge is 0.144 e. The number of nitrogens with zero attached hydrogens (tertiary/aromatic N) is 1. The monoisotopic (exact) mass is 221 g/mol. The molecule has 1 aromatic rings. The average molecular weight is 221 g/mol. The van der Waals surface area contributed by atoms with Gasteiger partial charge in [0.2, 0.25) is 0 Å². The first-order chi connectivity index (χ1) is 7.53. The number of nitrogens with two attached hydrogens (primary N) is 2. The Morgan fingerprint density at radius 1 is 1.56 bits per heavy atom. The van der Waals surface area contributed by atoms with E-state index in [4.69, 9.17) is 11.5 Å². The van der Waals surface area contributed by atoms with Crippen LogP contribution < -0.4 is 11.5 Å².